The van der Waals surface area contributed by atoms with E-state index in [1.807, 2.05) is 54.6 Å². The van der Waals surface area contributed by atoms with Gasteiger partial charge in [0, 0.05) is 13.2 Å². The van der Waals surface area contributed by atoms with Crippen LogP contribution in [0.3, 0.4) is 0 Å². The summed E-state index contributed by atoms with van der Waals surface area (Å²) in [6, 6.07) is 17.4. The molecule has 4 heteroatoms. The average molecular weight is 311 g/mol. The summed E-state index contributed by atoms with van der Waals surface area (Å²) < 4.78 is 11.3. The van der Waals surface area contributed by atoms with Gasteiger partial charge < -0.3 is 14.8 Å². The normalized spacial score (nSPS) is 17.0. The Morgan fingerprint density at radius 2 is 1.96 bits per heavy atom. The number of ether oxygens (including phenoxy) is 2. The summed E-state index contributed by atoms with van der Waals surface area (Å²) in [5.74, 6) is 1.60. The topological polar surface area (TPSA) is 47.6 Å². The van der Waals surface area contributed by atoms with Crippen molar-refractivity contribution in [2.24, 2.45) is 0 Å². The van der Waals surface area contributed by atoms with Crippen molar-refractivity contribution in [3.63, 3.8) is 0 Å². The Bertz CT molecular complexity index is 636. The second kappa shape index (κ2) is 7.79. The van der Waals surface area contributed by atoms with Crippen LogP contribution in [-0.2, 0) is 16.1 Å². The molecular formula is C19H21NO3. The highest BCUT2D eigenvalue weighted by Gasteiger charge is 2.18. The van der Waals surface area contributed by atoms with Crippen LogP contribution >= 0.6 is 0 Å². The highest BCUT2D eigenvalue weighted by molar-refractivity contribution is 5.76. The maximum Gasteiger partial charge on any atom is 0.222 e. The fourth-order valence-electron chi connectivity index (χ4n) is 2.63. The van der Waals surface area contributed by atoms with E-state index >= 15 is 0 Å². The van der Waals surface area contributed by atoms with Crippen molar-refractivity contribution in [3.05, 3.63) is 60.2 Å². The van der Waals surface area contributed by atoms with Gasteiger partial charge in [0.25, 0.3) is 0 Å². The first kappa shape index (κ1) is 15.6. The second-order valence-electron chi connectivity index (χ2n) is 5.68. The standard InChI is InChI=1S/C19H21NO3/c21-19(13-17-10-5-11-22-17)20-14-15-6-4-9-18(12-15)23-16-7-2-1-3-8-16/h1-4,6-9,12,17H,5,10-11,13-14H2,(H,20,21). The van der Waals surface area contributed by atoms with Gasteiger partial charge in [-0.1, -0.05) is 30.3 Å². The monoisotopic (exact) mass is 311 g/mol. The number of hydrogen-bond acceptors (Lipinski definition) is 3. The van der Waals surface area contributed by atoms with E-state index in [1.165, 1.54) is 0 Å². The number of para-hydroxylation sites is 1. The van der Waals surface area contributed by atoms with Gasteiger partial charge in [0.05, 0.1) is 12.5 Å². The predicted molar refractivity (Wildman–Crippen MR) is 88.4 cm³/mol. The van der Waals surface area contributed by atoms with Crippen molar-refractivity contribution in [2.45, 2.75) is 31.9 Å². The number of carbonyl (C=O) groups excluding carboxylic acids is 1. The van der Waals surface area contributed by atoms with Crippen LogP contribution in [0.25, 0.3) is 0 Å². The quantitative estimate of drug-likeness (QED) is 0.885. The Kier molecular flexibility index (Phi) is 5.27. The number of amides is 1. The lowest BCUT2D eigenvalue weighted by Crippen LogP contribution is -2.26. The minimum Gasteiger partial charge on any atom is -0.457 e. The van der Waals surface area contributed by atoms with Crippen molar-refractivity contribution in [3.8, 4) is 11.5 Å². The first-order valence-electron chi connectivity index (χ1n) is 8.00. The van der Waals surface area contributed by atoms with Crippen molar-refractivity contribution >= 4 is 5.91 Å². The van der Waals surface area contributed by atoms with Crippen molar-refractivity contribution in [2.75, 3.05) is 6.61 Å². The van der Waals surface area contributed by atoms with E-state index in [4.69, 9.17) is 9.47 Å². The third-order valence-electron chi connectivity index (χ3n) is 3.80. The molecule has 1 amide bonds. The summed E-state index contributed by atoms with van der Waals surface area (Å²) in [6.45, 7) is 1.27. The van der Waals surface area contributed by atoms with Gasteiger partial charge in [0.15, 0.2) is 0 Å². The zero-order valence-corrected chi connectivity index (χ0v) is 13.0. The molecule has 120 valence electrons. The Morgan fingerprint density at radius 3 is 2.74 bits per heavy atom. The number of benzene rings is 2. The van der Waals surface area contributed by atoms with Gasteiger partial charge >= 0.3 is 0 Å². The van der Waals surface area contributed by atoms with E-state index in [0.29, 0.717) is 13.0 Å². The Balaban J connectivity index is 1.52. The molecule has 1 heterocycles. The van der Waals surface area contributed by atoms with E-state index in [1.54, 1.807) is 0 Å². The second-order valence-corrected chi connectivity index (χ2v) is 5.68. The SMILES string of the molecule is O=C(CC1CCCO1)NCc1cccc(Oc2ccccc2)c1. The van der Waals surface area contributed by atoms with Crippen LogP contribution in [0.4, 0.5) is 0 Å². The lowest BCUT2D eigenvalue weighted by atomic mass is 10.1. The van der Waals surface area contributed by atoms with Crippen LogP contribution < -0.4 is 10.1 Å². The molecule has 23 heavy (non-hydrogen) atoms. The lowest BCUT2D eigenvalue weighted by molar-refractivity contribution is -0.123. The molecule has 2 aromatic rings. The smallest absolute Gasteiger partial charge is 0.222 e. The lowest BCUT2D eigenvalue weighted by Gasteiger charge is -2.11. The summed E-state index contributed by atoms with van der Waals surface area (Å²) in [5.41, 5.74) is 1.01. The highest BCUT2D eigenvalue weighted by atomic mass is 16.5. The van der Waals surface area contributed by atoms with Gasteiger partial charge in [-0.3, -0.25) is 4.79 Å². The summed E-state index contributed by atoms with van der Waals surface area (Å²) in [7, 11) is 0. The molecule has 1 N–H and O–H groups in total. The van der Waals surface area contributed by atoms with E-state index in [2.05, 4.69) is 5.32 Å². The van der Waals surface area contributed by atoms with Crippen molar-refractivity contribution < 1.29 is 14.3 Å². The molecule has 2 aromatic carbocycles. The molecule has 0 aliphatic carbocycles. The number of carbonyl (C=O) groups is 1. The Morgan fingerprint density at radius 1 is 1.13 bits per heavy atom. The van der Waals surface area contributed by atoms with E-state index < -0.39 is 0 Å². The number of rotatable bonds is 6. The number of nitrogens with one attached hydrogen (secondary N) is 1. The molecule has 1 saturated heterocycles. The van der Waals surface area contributed by atoms with Crippen LogP contribution in [-0.4, -0.2) is 18.6 Å². The van der Waals surface area contributed by atoms with Crippen LogP contribution in [0, 0.1) is 0 Å². The number of hydrogen-bond donors (Lipinski definition) is 1. The zero-order valence-electron chi connectivity index (χ0n) is 13.0. The van der Waals surface area contributed by atoms with E-state index in [0.717, 1.165) is 36.5 Å². The molecule has 1 aliphatic heterocycles. The molecule has 0 bridgehead atoms. The van der Waals surface area contributed by atoms with Gasteiger partial charge in [-0.15, -0.1) is 0 Å². The molecule has 0 spiro atoms. The summed E-state index contributed by atoms with van der Waals surface area (Å²) in [4.78, 5) is 11.9. The molecule has 3 rings (SSSR count). The molecular weight excluding hydrogens is 290 g/mol. The first-order chi connectivity index (χ1) is 11.3. The average Bonchev–Trinajstić information content (AvgIpc) is 3.07. The van der Waals surface area contributed by atoms with Crippen LogP contribution in [0.5, 0.6) is 11.5 Å². The highest BCUT2D eigenvalue weighted by Crippen LogP contribution is 2.22. The fraction of sp³-hybridized carbons (Fsp3) is 0.316. The van der Waals surface area contributed by atoms with Crippen LogP contribution in [0.2, 0.25) is 0 Å². The molecule has 4 nitrogen and oxygen atoms in total. The third-order valence-corrected chi connectivity index (χ3v) is 3.80. The molecule has 0 aromatic heterocycles. The maximum absolute atomic E-state index is 11.9. The molecule has 1 atom stereocenters. The Hall–Kier alpha value is -2.33. The minimum absolute atomic E-state index is 0.0336. The zero-order chi connectivity index (χ0) is 15.9. The van der Waals surface area contributed by atoms with Gasteiger partial charge in [-0.05, 0) is 42.7 Å². The maximum atomic E-state index is 11.9. The van der Waals surface area contributed by atoms with Crippen molar-refractivity contribution in [1.82, 2.24) is 5.32 Å². The van der Waals surface area contributed by atoms with Gasteiger partial charge in [-0.25, -0.2) is 0 Å². The van der Waals surface area contributed by atoms with Gasteiger partial charge in [-0.2, -0.15) is 0 Å². The molecule has 1 unspecified atom stereocenters. The van der Waals surface area contributed by atoms with Gasteiger partial charge in [0.2, 0.25) is 5.91 Å². The van der Waals surface area contributed by atoms with E-state index in [-0.39, 0.29) is 12.0 Å². The molecule has 0 saturated carbocycles. The first-order valence-corrected chi connectivity index (χ1v) is 8.00. The molecule has 1 aliphatic rings. The minimum atomic E-state index is 0.0336. The fourth-order valence-corrected chi connectivity index (χ4v) is 2.63. The van der Waals surface area contributed by atoms with Crippen LogP contribution in [0.1, 0.15) is 24.8 Å². The van der Waals surface area contributed by atoms with E-state index in [9.17, 15) is 4.79 Å². The summed E-state index contributed by atoms with van der Waals surface area (Å²) in [5, 5.41) is 2.94. The van der Waals surface area contributed by atoms with Crippen molar-refractivity contribution in [1.29, 1.82) is 0 Å². The van der Waals surface area contributed by atoms with Gasteiger partial charge in [0.1, 0.15) is 11.5 Å². The molecule has 1 fully saturated rings. The third kappa shape index (κ3) is 4.83. The summed E-state index contributed by atoms with van der Waals surface area (Å²) >= 11 is 0. The van der Waals surface area contributed by atoms with Crippen LogP contribution in [0.15, 0.2) is 54.6 Å². The summed E-state index contributed by atoms with van der Waals surface area (Å²) in [6.07, 6.45) is 2.56. The molecule has 0 radical (unpaired) electrons. The Labute approximate surface area is 136 Å². The predicted octanol–water partition coefficient (Wildman–Crippen LogP) is 3.66. The largest absolute Gasteiger partial charge is 0.457 e.